The van der Waals surface area contributed by atoms with Crippen LogP contribution in [0.4, 0.5) is 22.0 Å². The van der Waals surface area contributed by atoms with Crippen molar-refractivity contribution in [3.8, 4) is 5.75 Å². The molecule has 0 aliphatic heterocycles. The molecule has 0 bridgehead atoms. The molecule has 1 amide bonds. The molecule has 0 aliphatic rings. The second kappa shape index (κ2) is 8.16. The number of alkyl halides is 5. The van der Waals surface area contributed by atoms with E-state index in [-0.39, 0.29) is 22.6 Å². The van der Waals surface area contributed by atoms with Gasteiger partial charge in [-0.3, -0.25) is 9.78 Å². The van der Waals surface area contributed by atoms with Gasteiger partial charge in [0.25, 0.3) is 5.91 Å². The molecule has 3 rings (SSSR count). The highest BCUT2D eigenvalue weighted by Gasteiger charge is 2.35. The number of nitrogens with zero attached hydrogens (tertiary/aromatic N) is 2. The number of carbonyl (C=O) groups is 1. The number of carbonyl (C=O) groups excluding carboxylic acids is 1. The largest absolute Gasteiger partial charge is 0.435 e. The molecule has 0 radical (unpaired) electrons. The third-order valence-electron chi connectivity index (χ3n) is 3.76. The Bertz CT molecular complexity index is 1050. The monoisotopic (exact) mass is 431 g/mol. The number of benzene rings is 1. The molecule has 1 N–H and O–H groups in total. The first-order valence-corrected chi connectivity index (χ1v) is 8.37. The fraction of sp³-hybridized carbons (Fsp3) is 0.167. The predicted octanol–water partition coefficient (Wildman–Crippen LogP) is 4.83. The summed E-state index contributed by atoms with van der Waals surface area (Å²) in [4.78, 5) is 20.1. The average molecular weight is 432 g/mol. The lowest BCUT2D eigenvalue weighted by Gasteiger charge is -2.15. The Morgan fingerprint density at radius 3 is 2.59 bits per heavy atom. The standard InChI is InChI=1S/C18H11ClF5N3O2/c19-13-7-14(16(28)26-8-9-3-1-2-4-25-9)27-15-11(13)5-10(29-17(20)21)6-12(15)18(22,23)24/h1-7,17H,8H2,(H,26,28). The lowest BCUT2D eigenvalue weighted by atomic mass is 10.1. The molecule has 152 valence electrons. The lowest BCUT2D eigenvalue weighted by Crippen LogP contribution is -2.24. The second-order valence-corrected chi connectivity index (χ2v) is 6.14. The first kappa shape index (κ1) is 20.7. The van der Waals surface area contributed by atoms with E-state index in [0.29, 0.717) is 11.8 Å². The molecular weight excluding hydrogens is 421 g/mol. The van der Waals surface area contributed by atoms with Crippen molar-refractivity contribution in [1.29, 1.82) is 0 Å². The van der Waals surface area contributed by atoms with Gasteiger partial charge < -0.3 is 10.1 Å². The van der Waals surface area contributed by atoms with Crippen molar-refractivity contribution in [1.82, 2.24) is 15.3 Å². The van der Waals surface area contributed by atoms with E-state index in [0.717, 1.165) is 12.1 Å². The number of nitrogens with one attached hydrogen (secondary N) is 1. The van der Waals surface area contributed by atoms with Crippen LogP contribution in [-0.4, -0.2) is 22.5 Å². The third kappa shape index (κ3) is 4.89. The maximum Gasteiger partial charge on any atom is 0.418 e. The zero-order valence-corrected chi connectivity index (χ0v) is 15.1. The van der Waals surface area contributed by atoms with Crippen molar-refractivity contribution in [2.24, 2.45) is 0 Å². The highest BCUT2D eigenvalue weighted by molar-refractivity contribution is 6.35. The van der Waals surface area contributed by atoms with Crippen LogP contribution in [0, 0.1) is 0 Å². The number of pyridine rings is 2. The van der Waals surface area contributed by atoms with Crippen molar-refractivity contribution in [3.05, 3.63) is 64.6 Å². The van der Waals surface area contributed by atoms with Crippen LogP contribution in [0.5, 0.6) is 5.75 Å². The van der Waals surface area contributed by atoms with Crippen LogP contribution >= 0.6 is 11.6 Å². The van der Waals surface area contributed by atoms with Crippen LogP contribution in [0.25, 0.3) is 10.9 Å². The van der Waals surface area contributed by atoms with Gasteiger partial charge in [0.1, 0.15) is 11.4 Å². The van der Waals surface area contributed by atoms with Crippen LogP contribution in [0.3, 0.4) is 0 Å². The lowest BCUT2D eigenvalue weighted by molar-refractivity contribution is -0.136. The fourth-order valence-electron chi connectivity index (χ4n) is 2.53. The summed E-state index contributed by atoms with van der Waals surface area (Å²) in [5.41, 5.74) is -1.86. The Morgan fingerprint density at radius 2 is 1.97 bits per heavy atom. The van der Waals surface area contributed by atoms with Crippen LogP contribution in [-0.2, 0) is 12.7 Å². The molecule has 0 spiro atoms. The molecule has 11 heteroatoms. The first-order chi connectivity index (χ1) is 13.6. The van der Waals surface area contributed by atoms with Gasteiger partial charge in [0.2, 0.25) is 0 Å². The number of fused-ring (bicyclic) bond motifs is 1. The smallest absolute Gasteiger partial charge is 0.418 e. The molecule has 0 atom stereocenters. The minimum atomic E-state index is -4.95. The second-order valence-electron chi connectivity index (χ2n) is 5.74. The zero-order chi connectivity index (χ0) is 21.2. The summed E-state index contributed by atoms with van der Waals surface area (Å²) in [6.45, 7) is -3.30. The molecule has 0 fully saturated rings. The minimum absolute atomic E-state index is 0.0182. The van der Waals surface area contributed by atoms with Crippen LogP contribution in [0.1, 0.15) is 21.7 Å². The maximum atomic E-state index is 13.4. The molecule has 0 aliphatic carbocycles. The average Bonchev–Trinajstić information content (AvgIpc) is 2.65. The van der Waals surface area contributed by atoms with Crippen molar-refractivity contribution >= 4 is 28.4 Å². The van der Waals surface area contributed by atoms with E-state index in [1.165, 1.54) is 6.20 Å². The van der Waals surface area contributed by atoms with Gasteiger partial charge in [0.05, 0.1) is 28.3 Å². The third-order valence-corrected chi connectivity index (χ3v) is 4.07. The number of amides is 1. The summed E-state index contributed by atoms with van der Waals surface area (Å²) >= 11 is 6.01. The van der Waals surface area contributed by atoms with Gasteiger partial charge in [-0.05, 0) is 30.3 Å². The number of aromatic nitrogens is 2. The topological polar surface area (TPSA) is 64.1 Å². The highest BCUT2D eigenvalue weighted by Crippen LogP contribution is 2.39. The summed E-state index contributed by atoms with van der Waals surface area (Å²) in [5.74, 6) is -1.50. The number of hydrogen-bond donors (Lipinski definition) is 1. The van der Waals surface area contributed by atoms with E-state index in [4.69, 9.17) is 11.6 Å². The summed E-state index contributed by atoms with van der Waals surface area (Å²) in [5, 5.41) is 1.92. The molecule has 5 nitrogen and oxygen atoms in total. The maximum absolute atomic E-state index is 13.4. The Morgan fingerprint density at radius 1 is 1.21 bits per heavy atom. The van der Waals surface area contributed by atoms with Gasteiger partial charge in [-0.2, -0.15) is 22.0 Å². The molecular formula is C18H11ClF5N3O2. The fourth-order valence-corrected chi connectivity index (χ4v) is 2.78. The van der Waals surface area contributed by atoms with Crippen molar-refractivity contribution < 1.29 is 31.5 Å². The molecule has 0 unspecified atom stereocenters. The Hall–Kier alpha value is -3.01. The first-order valence-electron chi connectivity index (χ1n) is 7.99. The van der Waals surface area contributed by atoms with Gasteiger partial charge in [0.15, 0.2) is 0 Å². The van der Waals surface area contributed by atoms with E-state index >= 15 is 0 Å². The van der Waals surface area contributed by atoms with Gasteiger partial charge in [-0.15, -0.1) is 0 Å². The summed E-state index contributed by atoms with van der Waals surface area (Å²) in [6.07, 6.45) is -3.43. The molecule has 3 aromatic rings. The van der Waals surface area contributed by atoms with Gasteiger partial charge in [-0.1, -0.05) is 17.7 Å². The Kier molecular flexibility index (Phi) is 5.83. The highest BCUT2D eigenvalue weighted by atomic mass is 35.5. The van der Waals surface area contributed by atoms with E-state index in [1.54, 1.807) is 18.2 Å². The van der Waals surface area contributed by atoms with E-state index in [2.05, 4.69) is 20.0 Å². The molecule has 29 heavy (non-hydrogen) atoms. The number of halogens is 6. The van der Waals surface area contributed by atoms with Gasteiger partial charge in [0, 0.05) is 11.6 Å². The molecule has 0 saturated carbocycles. The molecule has 2 aromatic heterocycles. The van der Waals surface area contributed by atoms with Crippen LogP contribution in [0.2, 0.25) is 5.02 Å². The Labute approximate surface area is 165 Å². The van der Waals surface area contributed by atoms with Crippen LogP contribution < -0.4 is 10.1 Å². The zero-order valence-electron chi connectivity index (χ0n) is 14.3. The van der Waals surface area contributed by atoms with Gasteiger partial charge in [-0.25, -0.2) is 4.98 Å². The van der Waals surface area contributed by atoms with E-state index in [9.17, 15) is 26.7 Å². The minimum Gasteiger partial charge on any atom is -0.435 e. The number of rotatable bonds is 5. The molecule has 1 aromatic carbocycles. The summed E-state index contributed by atoms with van der Waals surface area (Å²) in [7, 11) is 0. The van der Waals surface area contributed by atoms with Crippen molar-refractivity contribution in [2.45, 2.75) is 19.3 Å². The van der Waals surface area contributed by atoms with E-state index < -0.39 is 35.5 Å². The Balaban J connectivity index is 2.01. The molecule has 2 heterocycles. The molecule has 0 saturated heterocycles. The predicted molar refractivity (Wildman–Crippen MR) is 93.8 cm³/mol. The number of ether oxygens (including phenoxy) is 1. The summed E-state index contributed by atoms with van der Waals surface area (Å²) in [6, 6.07) is 7.36. The van der Waals surface area contributed by atoms with E-state index in [1.807, 2.05) is 0 Å². The quantitative estimate of drug-likeness (QED) is 0.587. The normalized spacial score (nSPS) is 11.7. The van der Waals surface area contributed by atoms with Crippen molar-refractivity contribution in [3.63, 3.8) is 0 Å². The summed E-state index contributed by atoms with van der Waals surface area (Å²) < 4.78 is 69.2. The SMILES string of the molecule is O=C(NCc1ccccn1)c1cc(Cl)c2cc(OC(F)F)cc(C(F)(F)F)c2n1. The van der Waals surface area contributed by atoms with Crippen molar-refractivity contribution in [2.75, 3.05) is 0 Å². The van der Waals surface area contributed by atoms with Gasteiger partial charge >= 0.3 is 12.8 Å². The number of hydrogen-bond acceptors (Lipinski definition) is 4. The van der Waals surface area contributed by atoms with Crippen LogP contribution in [0.15, 0.2) is 42.6 Å².